The number of benzene rings is 2. The third kappa shape index (κ3) is 3.71. The second-order valence-corrected chi connectivity index (χ2v) is 5.56. The zero-order valence-electron chi connectivity index (χ0n) is 13.1. The van der Waals surface area contributed by atoms with Crippen molar-refractivity contribution in [2.24, 2.45) is 4.99 Å². The van der Waals surface area contributed by atoms with Crippen molar-refractivity contribution in [3.05, 3.63) is 65.0 Å². The van der Waals surface area contributed by atoms with Crippen LogP contribution in [0.3, 0.4) is 0 Å². The highest BCUT2D eigenvalue weighted by atomic mass is 19.1. The number of hydrogen-bond acceptors (Lipinski definition) is 4. The molecule has 0 unspecified atom stereocenters. The summed E-state index contributed by atoms with van der Waals surface area (Å²) in [6.45, 7) is 2.03. The number of aromatic carboxylic acids is 1. The van der Waals surface area contributed by atoms with Crippen LogP contribution in [0.5, 0.6) is 0 Å². The minimum atomic E-state index is -0.963. The van der Waals surface area contributed by atoms with E-state index < -0.39 is 5.97 Å². The zero-order chi connectivity index (χ0) is 16.9. The summed E-state index contributed by atoms with van der Waals surface area (Å²) in [6, 6.07) is 11.5. The number of nitrogens with zero attached hydrogens (tertiary/aromatic N) is 1. The summed E-state index contributed by atoms with van der Waals surface area (Å²) in [4.78, 5) is 15.2. The van der Waals surface area contributed by atoms with E-state index in [1.54, 1.807) is 18.2 Å². The summed E-state index contributed by atoms with van der Waals surface area (Å²) in [6.07, 6.45) is 0.992. The monoisotopic (exact) mass is 327 g/mol. The van der Waals surface area contributed by atoms with Crippen molar-refractivity contribution in [2.75, 3.05) is 18.4 Å². The number of hydrogen-bond donors (Lipinski definition) is 3. The number of amidine groups is 1. The first kappa shape index (κ1) is 16.0. The molecule has 0 aliphatic carbocycles. The summed E-state index contributed by atoms with van der Waals surface area (Å²) in [7, 11) is 0. The van der Waals surface area contributed by atoms with E-state index in [2.05, 4.69) is 15.6 Å². The second-order valence-electron chi connectivity index (χ2n) is 5.56. The predicted octanol–water partition coefficient (Wildman–Crippen LogP) is 2.88. The second kappa shape index (κ2) is 7.12. The van der Waals surface area contributed by atoms with E-state index in [0.29, 0.717) is 12.2 Å². The molecule has 0 spiro atoms. The lowest BCUT2D eigenvalue weighted by Gasteiger charge is -2.15. The Bertz CT molecular complexity index is 772. The number of carbonyl (C=O) groups is 1. The van der Waals surface area contributed by atoms with E-state index in [-0.39, 0.29) is 11.4 Å². The van der Waals surface area contributed by atoms with Gasteiger partial charge in [-0.25, -0.2) is 9.18 Å². The van der Waals surface area contributed by atoms with Crippen molar-refractivity contribution in [3.63, 3.8) is 0 Å². The average Bonchev–Trinajstić information content (AvgIpc) is 2.62. The van der Waals surface area contributed by atoms with E-state index in [9.17, 15) is 9.18 Å². The van der Waals surface area contributed by atoms with Gasteiger partial charge in [-0.1, -0.05) is 12.1 Å². The maximum Gasteiger partial charge on any atom is 0.335 e. The van der Waals surface area contributed by atoms with Crippen LogP contribution in [0.15, 0.2) is 47.5 Å². The minimum Gasteiger partial charge on any atom is -0.478 e. The van der Waals surface area contributed by atoms with Gasteiger partial charge in [0.15, 0.2) is 0 Å². The molecule has 3 rings (SSSR count). The standard InChI is InChI=1S/C18H18FN3O2/c19-15-10-14(17-20-8-1-9-21-17)6-7-16(15)22-11-12-2-4-13(5-3-12)18(23)24/h2-7,10,22H,1,8-9,11H2,(H,20,21)(H,23,24). The summed E-state index contributed by atoms with van der Waals surface area (Å²) < 4.78 is 14.3. The Labute approximate surface area is 139 Å². The van der Waals surface area contributed by atoms with E-state index >= 15 is 0 Å². The van der Waals surface area contributed by atoms with Crippen LogP contribution >= 0.6 is 0 Å². The molecule has 0 saturated carbocycles. The van der Waals surface area contributed by atoms with Gasteiger partial charge in [-0.05, 0) is 42.3 Å². The van der Waals surface area contributed by atoms with Gasteiger partial charge in [0, 0.05) is 25.2 Å². The molecule has 1 aliphatic heterocycles. The molecule has 2 aromatic carbocycles. The Morgan fingerprint density at radius 2 is 2.04 bits per heavy atom. The molecule has 1 heterocycles. The van der Waals surface area contributed by atoms with Gasteiger partial charge in [0.2, 0.25) is 0 Å². The van der Waals surface area contributed by atoms with Crippen molar-refractivity contribution < 1.29 is 14.3 Å². The van der Waals surface area contributed by atoms with Gasteiger partial charge in [0.05, 0.1) is 11.3 Å². The number of nitrogens with one attached hydrogen (secondary N) is 2. The van der Waals surface area contributed by atoms with E-state index in [1.165, 1.54) is 18.2 Å². The van der Waals surface area contributed by atoms with Crippen molar-refractivity contribution in [1.29, 1.82) is 0 Å². The number of rotatable bonds is 5. The smallest absolute Gasteiger partial charge is 0.335 e. The summed E-state index contributed by atoms with van der Waals surface area (Å²) in [5.74, 6) is -0.573. The molecule has 24 heavy (non-hydrogen) atoms. The molecule has 0 saturated heterocycles. The van der Waals surface area contributed by atoms with Crippen LogP contribution in [0.25, 0.3) is 0 Å². The molecule has 3 N–H and O–H groups in total. The predicted molar refractivity (Wildman–Crippen MR) is 91.2 cm³/mol. The molecule has 1 aliphatic rings. The van der Waals surface area contributed by atoms with E-state index in [1.807, 2.05) is 6.07 Å². The van der Waals surface area contributed by atoms with Gasteiger partial charge >= 0.3 is 5.97 Å². The Morgan fingerprint density at radius 3 is 2.67 bits per heavy atom. The molecule has 0 bridgehead atoms. The molecule has 0 atom stereocenters. The number of anilines is 1. The zero-order valence-corrected chi connectivity index (χ0v) is 13.1. The molecule has 0 amide bonds. The van der Waals surface area contributed by atoms with Crippen LogP contribution in [-0.2, 0) is 6.54 Å². The van der Waals surface area contributed by atoms with Crippen LogP contribution in [0.1, 0.15) is 27.9 Å². The number of halogens is 1. The molecular formula is C18H18FN3O2. The lowest BCUT2D eigenvalue weighted by molar-refractivity contribution is 0.0697. The fourth-order valence-corrected chi connectivity index (χ4v) is 2.49. The summed E-state index contributed by atoms with van der Waals surface area (Å²) in [5.41, 5.74) is 2.25. The quantitative estimate of drug-likeness (QED) is 0.789. The molecule has 2 aromatic rings. The summed E-state index contributed by atoms with van der Waals surface area (Å²) in [5, 5.41) is 15.1. The summed E-state index contributed by atoms with van der Waals surface area (Å²) >= 11 is 0. The van der Waals surface area contributed by atoms with E-state index in [0.717, 1.165) is 36.5 Å². The topological polar surface area (TPSA) is 73.7 Å². The number of aliphatic imine (C=N–C) groups is 1. The van der Waals surface area contributed by atoms with Crippen molar-refractivity contribution >= 4 is 17.5 Å². The molecule has 124 valence electrons. The van der Waals surface area contributed by atoms with Crippen LogP contribution in [0.2, 0.25) is 0 Å². The normalized spacial score (nSPS) is 13.8. The van der Waals surface area contributed by atoms with Gasteiger partial charge in [-0.15, -0.1) is 0 Å². The Kier molecular flexibility index (Phi) is 4.74. The molecule has 5 nitrogen and oxygen atoms in total. The van der Waals surface area contributed by atoms with Gasteiger partial charge < -0.3 is 15.7 Å². The van der Waals surface area contributed by atoms with Crippen LogP contribution < -0.4 is 10.6 Å². The van der Waals surface area contributed by atoms with Gasteiger partial charge in [0.25, 0.3) is 0 Å². The first-order valence-corrected chi connectivity index (χ1v) is 7.78. The average molecular weight is 327 g/mol. The van der Waals surface area contributed by atoms with Gasteiger partial charge in [0.1, 0.15) is 11.7 Å². The highest BCUT2D eigenvalue weighted by Crippen LogP contribution is 2.18. The van der Waals surface area contributed by atoms with E-state index in [4.69, 9.17) is 5.11 Å². The van der Waals surface area contributed by atoms with Crippen LogP contribution in [0.4, 0.5) is 10.1 Å². The van der Waals surface area contributed by atoms with Crippen LogP contribution in [-0.4, -0.2) is 30.0 Å². The first-order chi connectivity index (χ1) is 11.6. The van der Waals surface area contributed by atoms with Gasteiger partial charge in [-0.3, -0.25) is 4.99 Å². The highest BCUT2D eigenvalue weighted by Gasteiger charge is 2.10. The van der Waals surface area contributed by atoms with Crippen molar-refractivity contribution in [1.82, 2.24) is 5.32 Å². The van der Waals surface area contributed by atoms with Crippen molar-refractivity contribution in [3.8, 4) is 0 Å². The lowest BCUT2D eigenvalue weighted by Crippen LogP contribution is -2.30. The number of carboxylic acid groups (broad SMARTS) is 1. The fourth-order valence-electron chi connectivity index (χ4n) is 2.49. The lowest BCUT2D eigenvalue weighted by atomic mass is 10.1. The molecule has 6 heteroatoms. The molecule has 0 radical (unpaired) electrons. The SMILES string of the molecule is O=C(O)c1ccc(CNc2ccc(C3=NCCCN3)cc2F)cc1. The minimum absolute atomic E-state index is 0.232. The van der Waals surface area contributed by atoms with Crippen molar-refractivity contribution in [2.45, 2.75) is 13.0 Å². The van der Waals surface area contributed by atoms with Gasteiger partial charge in [-0.2, -0.15) is 0 Å². The molecular weight excluding hydrogens is 309 g/mol. The first-order valence-electron chi connectivity index (χ1n) is 7.78. The molecule has 0 fully saturated rings. The number of carboxylic acids is 1. The molecule has 0 aromatic heterocycles. The highest BCUT2D eigenvalue weighted by molar-refractivity contribution is 5.99. The Balaban J connectivity index is 1.67. The maximum atomic E-state index is 14.3. The largest absolute Gasteiger partial charge is 0.478 e. The Hall–Kier alpha value is -2.89. The third-order valence-electron chi connectivity index (χ3n) is 3.82. The fraction of sp³-hybridized carbons (Fsp3) is 0.222. The Morgan fingerprint density at radius 1 is 1.25 bits per heavy atom. The maximum absolute atomic E-state index is 14.3. The third-order valence-corrected chi connectivity index (χ3v) is 3.82. The van der Waals surface area contributed by atoms with Crippen LogP contribution in [0, 0.1) is 5.82 Å².